The van der Waals surface area contributed by atoms with E-state index >= 15 is 0 Å². The number of benzene rings is 2. The average molecular weight is 400 g/mol. The van der Waals surface area contributed by atoms with E-state index in [1.807, 2.05) is 56.3 Å². The smallest absolute Gasteiger partial charge is 0.162 e. The van der Waals surface area contributed by atoms with E-state index in [4.69, 9.17) is 9.47 Å². The van der Waals surface area contributed by atoms with E-state index in [-0.39, 0.29) is 0 Å². The molecule has 2 rings (SSSR count). The molecule has 0 aliphatic heterocycles. The van der Waals surface area contributed by atoms with E-state index in [9.17, 15) is 5.26 Å². The van der Waals surface area contributed by atoms with E-state index in [1.165, 1.54) is 5.56 Å². The first-order chi connectivity index (χ1) is 12.1. The third-order valence-electron chi connectivity index (χ3n) is 3.61. The predicted octanol–water partition coefficient (Wildman–Crippen LogP) is 6.01. The molecule has 25 heavy (non-hydrogen) atoms. The molecule has 0 saturated heterocycles. The molecule has 0 atom stereocenters. The molecule has 0 aliphatic rings. The number of allylic oxidation sites excluding steroid dienone is 1. The van der Waals surface area contributed by atoms with Crippen LogP contribution in [0.25, 0.3) is 11.6 Å². The molecule has 130 valence electrons. The van der Waals surface area contributed by atoms with Crippen LogP contribution in [0.15, 0.2) is 40.9 Å². The van der Waals surface area contributed by atoms with Crippen molar-refractivity contribution in [2.45, 2.75) is 27.2 Å². The Kier molecular flexibility index (Phi) is 7.09. The maximum Gasteiger partial charge on any atom is 0.162 e. The fraction of sp³-hybridized carbons (Fsp3) is 0.286. The minimum Gasteiger partial charge on any atom is -0.490 e. The Bertz CT molecular complexity index is 789. The Morgan fingerprint density at radius 3 is 2.40 bits per heavy atom. The molecule has 0 fully saturated rings. The molecule has 2 aromatic rings. The lowest BCUT2D eigenvalue weighted by Gasteiger charge is -2.13. The van der Waals surface area contributed by atoms with Crippen LogP contribution in [0, 0.1) is 18.3 Å². The zero-order valence-corrected chi connectivity index (χ0v) is 16.4. The number of nitriles is 1. The number of aryl methyl sites for hydroxylation is 1. The van der Waals surface area contributed by atoms with Gasteiger partial charge in [-0.25, -0.2) is 0 Å². The van der Waals surface area contributed by atoms with Crippen molar-refractivity contribution >= 4 is 27.6 Å². The Morgan fingerprint density at radius 1 is 1.12 bits per heavy atom. The largest absolute Gasteiger partial charge is 0.490 e. The van der Waals surface area contributed by atoms with Gasteiger partial charge in [-0.2, -0.15) is 5.26 Å². The highest BCUT2D eigenvalue weighted by atomic mass is 79.9. The first-order valence-corrected chi connectivity index (χ1v) is 9.16. The molecule has 0 heterocycles. The van der Waals surface area contributed by atoms with Gasteiger partial charge in [0.1, 0.15) is 0 Å². The first kappa shape index (κ1) is 19.1. The molecule has 0 spiro atoms. The van der Waals surface area contributed by atoms with Crippen molar-refractivity contribution in [1.29, 1.82) is 5.26 Å². The highest BCUT2D eigenvalue weighted by Crippen LogP contribution is 2.35. The van der Waals surface area contributed by atoms with Crippen molar-refractivity contribution in [3.8, 4) is 17.6 Å². The van der Waals surface area contributed by atoms with Crippen LogP contribution in [-0.4, -0.2) is 13.2 Å². The molecular weight excluding hydrogens is 378 g/mol. The monoisotopic (exact) mass is 399 g/mol. The summed E-state index contributed by atoms with van der Waals surface area (Å²) in [4.78, 5) is 0. The second kappa shape index (κ2) is 9.29. The van der Waals surface area contributed by atoms with Gasteiger partial charge in [0.15, 0.2) is 11.5 Å². The predicted molar refractivity (Wildman–Crippen MR) is 106 cm³/mol. The van der Waals surface area contributed by atoms with Crippen LogP contribution in [0.3, 0.4) is 0 Å². The molecule has 0 saturated carbocycles. The molecule has 0 aliphatic carbocycles. The van der Waals surface area contributed by atoms with Crippen LogP contribution in [0.4, 0.5) is 0 Å². The van der Waals surface area contributed by atoms with Crippen molar-refractivity contribution in [1.82, 2.24) is 0 Å². The van der Waals surface area contributed by atoms with Crippen LogP contribution in [0.1, 0.15) is 37.0 Å². The van der Waals surface area contributed by atoms with Crippen LogP contribution >= 0.6 is 15.9 Å². The highest BCUT2D eigenvalue weighted by Gasteiger charge is 2.11. The summed E-state index contributed by atoms with van der Waals surface area (Å²) in [6.07, 6.45) is 2.79. The van der Waals surface area contributed by atoms with Crippen LogP contribution in [0.2, 0.25) is 0 Å². The third kappa shape index (κ3) is 5.11. The van der Waals surface area contributed by atoms with E-state index < -0.39 is 0 Å². The average Bonchev–Trinajstić information content (AvgIpc) is 2.61. The van der Waals surface area contributed by atoms with Gasteiger partial charge in [0, 0.05) is 4.47 Å². The summed E-state index contributed by atoms with van der Waals surface area (Å²) < 4.78 is 12.3. The summed E-state index contributed by atoms with van der Waals surface area (Å²) >= 11 is 3.58. The maximum atomic E-state index is 9.55. The molecule has 0 bridgehead atoms. The van der Waals surface area contributed by atoms with Crippen molar-refractivity contribution < 1.29 is 9.47 Å². The summed E-state index contributed by atoms with van der Waals surface area (Å²) in [6.45, 7) is 7.21. The number of halogens is 1. The lowest BCUT2D eigenvalue weighted by atomic mass is 10.0. The van der Waals surface area contributed by atoms with Gasteiger partial charge in [0.2, 0.25) is 0 Å². The first-order valence-electron chi connectivity index (χ1n) is 8.37. The number of nitrogens with zero attached hydrogens (tertiary/aromatic N) is 1. The Hall–Kier alpha value is -2.25. The summed E-state index contributed by atoms with van der Waals surface area (Å²) in [7, 11) is 0. The van der Waals surface area contributed by atoms with E-state index in [0.29, 0.717) is 30.3 Å². The standard InChI is InChI=1S/C21H22BrNO2/c1-4-10-25-21-13-19(22)17(12-20(21)24-5-2)11-18(14-23)16-8-6-15(3)7-9-16/h6-9,11-13H,4-5,10H2,1-3H3/b18-11+. The minimum atomic E-state index is 0.552. The van der Waals surface area contributed by atoms with E-state index in [1.54, 1.807) is 0 Å². The normalized spacial score (nSPS) is 11.1. The number of ether oxygens (including phenoxy) is 2. The zero-order chi connectivity index (χ0) is 18.2. The van der Waals surface area contributed by atoms with Gasteiger partial charge in [0.05, 0.1) is 24.9 Å². The SMILES string of the molecule is CCCOc1cc(Br)c(/C=C(\C#N)c2ccc(C)cc2)cc1OCC. The Labute approximate surface area is 158 Å². The van der Waals surface area contributed by atoms with E-state index in [0.717, 1.165) is 22.0 Å². The molecule has 0 aromatic heterocycles. The van der Waals surface area contributed by atoms with Gasteiger partial charge >= 0.3 is 0 Å². The second-order valence-corrected chi connectivity index (χ2v) is 6.49. The van der Waals surface area contributed by atoms with Gasteiger partial charge in [-0.1, -0.05) is 52.7 Å². The van der Waals surface area contributed by atoms with Crippen molar-refractivity contribution in [3.05, 3.63) is 57.6 Å². The van der Waals surface area contributed by atoms with Gasteiger partial charge < -0.3 is 9.47 Å². The van der Waals surface area contributed by atoms with Gasteiger partial charge in [-0.3, -0.25) is 0 Å². The molecule has 0 amide bonds. The summed E-state index contributed by atoms with van der Waals surface area (Å²) in [5.74, 6) is 1.40. The third-order valence-corrected chi connectivity index (χ3v) is 4.29. The lowest BCUT2D eigenvalue weighted by molar-refractivity contribution is 0.276. The molecule has 0 radical (unpaired) electrons. The second-order valence-electron chi connectivity index (χ2n) is 5.64. The highest BCUT2D eigenvalue weighted by molar-refractivity contribution is 9.10. The fourth-order valence-corrected chi connectivity index (χ4v) is 2.76. The molecule has 0 unspecified atom stereocenters. The summed E-state index contributed by atoms with van der Waals surface area (Å²) in [5, 5.41) is 9.55. The van der Waals surface area contributed by atoms with Crippen LogP contribution < -0.4 is 9.47 Å². The van der Waals surface area contributed by atoms with Crippen molar-refractivity contribution in [3.63, 3.8) is 0 Å². The Balaban J connectivity index is 2.44. The number of hydrogen-bond acceptors (Lipinski definition) is 3. The quantitative estimate of drug-likeness (QED) is 0.422. The lowest BCUT2D eigenvalue weighted by Crippen LogP contribution is -2.00. The van der Waals surface area contributed by atoms with Gasteiger partial charge in [0.25, 0.3) is 0 Å². The molecule has 2 aromatic carbocycles. The van der Waals surface area contributed by atoms with Crippen LogP contribution in [-0.2, 0) is 0 Å². The summed E-state index contributed by atoms with van der Waals surface area (Å²) in [5.41, 5.74) is 3.54. The minimum absolute atomic E-state index is 0.552. The summed E-state index contributed by atoms with van der Waals surface area (Å²) in [6, 6.07) is 14.0. The van der Waals surface area contributed by atoms with Crippen LogP contribution in [0.5, 0.6) is 11.5 Å². The van der Waals surface area contributed by atoms with Gasteiger partial charge in [-0.05, 0) is 49.6 Å². The fourth-order valence-electron chi connectivity index (χ4n) is 2.32. The van der Waals surface area contributed by atoms with Gasteiger partial charge in [-0.15, -0.1) is 0 Å². The molecular formula is C21H22BrNO2. The van der Waals surface area contributed by atoms with E-state index in [2.05, 4.69) is 28.9 Å². The van der Waals surface area contributed by atoms with Crippen molar-refractivity contribution in [2.75, 3.05) is 13.2 Å². The molecule has 3 nitrogen and oxygen atoms in total. The number of rotatable bonds is 7. The zero-order valence-electron chi connectivity index (χ0n) is 14.8. The molecule has 0 N–H and O–H groups in total. The number of hydrogen-bond donors (Lipinski definition) is 0. The molecule has 4 heteroatoms. The maximum absolute atomic E-state index is 9.55. The topological polar surface area (TPSA) is 42.2 Å². The Morgan fingerprint density at radius 2 is 1.80 bits per heavy atom. The van der Waals surface area contributed by atoms with Crippen molar-refractivity contribution in [2.24, 2.45) is 0 Å².